The Morgan fingerprint density at radius 2 is 1.86 bits per heavy atom. The summed E-state index contributed by atoms with van der Waals surface area (Å²) in [6.07, 6.45) is 0. The molecule has 1 heterocycles. The zero-order chi connectivity index (χ0) is 15.2. The second kappa shape index (κ2) is 7.59. The van der Waals surface area contributed by atoms with Crippen LogP contribution in [0.5, 0.6) is 0 Å². The van der Waals surface area contributed by atoms with E-state index in [-0.39, 0.29) is 6.04 Å². The standard InChI is InChI=1S/C17H25N3S/c1-4-20(13-16-6-5-11-21-16)17(12-18)14-7-9-15(10-8-14)19(2)3/h5-11,17H,4,12-13,18H2,1-3H3. The Labute approximate surface area is 132 Å². The van der Waals surface area contributed by atoms with E-state index in [0.717, 1.165) is 13.1 Å². The van der Waals surface area contributed by atoms with Gasteiger partial charge in [-0.05, 0) is 35.7 Å². The van der Waals surface area contributed by atoms with Gasteiger partial charge in [-0.25, -0.2) is 0 Å². The van der Waals surface area contributed by atoms with Crippen LogP contribution in [0.3, 0.4) is 0 Å². The van der Waals surface area contributed by atoms with E-state index in [1.807, 2.05) is 0 Å². The zero-order valence-corrected chi connectivity index (χ0v) is 13.9. The van der Waals surface area contributed by atoms with Crippen molar-refractivity contribution in [1.82, 2.24) is 4.90 Å². The van der Waals surface area contributed by atoms with Crippen LogP contribution in [-0.2, 0) is 6.54 Å². The first-order valence-corrected chi connectivity index (χ1v) is 8.27. The van der Waals surface area contributed by atoms with Gasteiger partial charge in [-0.2, -0.15) is 0 Å². The van der Waals surface area contributed by atoms with Crippen molar-refractivity contribution in [2.24, 2.45) is 5.73 Å². The van der Waals surface area contributed by atoms with Crippen molar-refractivity contribution in [3.8, 4) is 0 Å². The third-order valence-electron chi connectivity index (χ3n) is 3.80. The molecule has 0 aliphatic carbocycles. The first-order chi connectivity index (χ1) is 10.2. The van der Waals surface area contributed by atoms with Crippen molar-refractivity contribution in [1.29, 1.82) is 0 Å². The Bertz CT molecular complexity index is 519. The third kappa shape index (κ3) is 4.06. The maximum absolute atomic E-state index is 6.06. The third-order valence-corrected chi connectivity index (χ3v) is 4.66. The molecule has 0 fully saturated rings. The Morgan fingerprint density at radius 1 is 1.14 bits per heavy atom. The predicted molar refractivity (Wildman–Crippen MR) is 93.0 cm³/mol. The fourth-order valence-corrected chi connectivity index (χ4v) is 3.27. The molecule has 21 heavy (non-hydrogen) atoms. The lowest BCUT2D eigenvalue weighted by atomic mass is 10.0. The van der Waals surface area contributed by atoms with Crippen LogP contribution < -0.4 is 10.6 Å². The van der Waals surface area contributed by atoms with Gasteiger partial charge in [-0.1, -0.05) is 25.1 Å². The quantitative estimate of drug-likeness (QED) is 0.851. The van der Waals surface area contributed by atoms with Crippen molar-refractivity contribution in [3.05, 3.63) is 52.2 Å². The van der Waals surface area contributed by atoms with Gasteiger partial charge in [-0.3, -0.25) is 4.90 Å². The van der Waals surface area contributed by atoms with Crippen LogP contribution in [-0.4, -0.2) is 32.1 Å². The molecular weight excluding hydrogens is 278 g/mol. The Hall–Kier alpha value is -1.36. The zero-order valence-electron chi connectivity index (χ0n) is 13.1. The van der Waals surface area contributed by atoms with Gasteiger partial charge in [0, 0.05) is 43.8 Å². The Morgan fingerprint density at radius 3 is 2.33 bits per heavy atom. The highest BCUT2D eigenvalue weighted by Crippen LogP contribution is 2.25. The summed E-state index contributed by atoms with van der Waals surface area (Å²) >= 11 is 1.81. The van der Waals surface area contributed by atoms with E-state index < -0.39 is 0 Å². The number of nitrogens with zero attached hydrogens (tertiary/aromatic N) is 2. The van der Waals surface area contributed by atoms with Crippen LogP contribution in [0.15, 0.2) is 41.8 Å². The highest BCUT2D eigenvalue weighted by molar-refractivity contribution is 7.09. The molecule has 0 saturated carbocycles. The summed E-state index contributed by atoms with van der Waals surface area (Å²) in [5.74, 6) is 0. The molecule has 1 aromatic heterocycles. The minimum atomic E-state index is 0.272. The Balaban J connectivity index is 2.16. The van der Waals surface area contributed by atoms with Crippen molar-refractivity contribution >= 4 is 17.0 Å². The minimum absolute atomic E-state index is 0.272. The summed E-state index contributed by atoms with van der Waals surface area (Å²) in [7, 11) is 4.12. The fraction of sp³-hybridized carbons (Fsp3) is 0.412. The summed E-state index contributed by atoms with van der Waals surface area (Å²) < 4.78 is 0. The normalized spacial score (nSPS) is 12.6. The van der Waals surface area contributed by atoms with Crippen LogP contribution >= 0.6 is 11.3 Å². The van der Waals surface area contributed by atoms with Crippen molar-refractivity contribution in [2.75, 3.05) is 32.1 Å². The first-order valence-electron chi connectivity index (χ1n) is 7.39. The number of rotatable bonds is 7. The summed E-state index contributed by atoms with van der Waals surface area (Å²) in [5, 5.41) is 2.13. The van der Waals surface area contributed by atoms with Gasteiger partial charge < -0.3 is 10.6 Å². The molecule has 1 aromatic carbocycles. The summed E-state index contributed by atoms with van der Waals surface area (Å²) in [6, 6.07) is 13.3. The number of thiophene rings is 1. The number of benzene rings is 1. The molecule has 4 heteroatoms. The molecule has 2 aromatic rings. The lowest BCUT2D eigenvalue weighted by molar-refractivity contribution is 0.205. The molecule has 1 unspecified atom stereocenters. The average molecular weight is 303 g/mol. The molecule has 114 valence electrons. The highest BCUT2D eigenvalue weighted by atomic mass is 32.1. The molecule has 0 saturated heterocycles. The van der Waals surface area contributed by atoms with E-state index in [1.54, 1.807) is 11.3 Å². The van der Waals surface area contributed by atoms with Crippen molar-refractivity contribution in [2.45, 2.75) is 19.5 Å². The van der Waals surface area contributed by atoms with Gasteiger partial charge >= 0.3 is 0 Å². The number of anilines is 1. The van der Waals surface area contributed by atoms with Gasteiger partial charge in [0.15, 0.2) is 0 Å². The molecule has 0 spiro atoms. The molecule has 3 nitrogen and oxygen atoms in total. The van der Waals surface area contributed by atoms with Crippen LogP contribution in [0.2, 0.25) is 0 Å². The molecule has 2 N–H and O–H groups in total. The van der Waals surface area contributed by atoms with Crippen LogP contribution in [0.4, 0.5) is 5.69 Å². The summed E-state index contributed by atoms with van der Waals surface area (Å²) in [4.78, 5) is 5.95. The van der Waals surface area contributed by atoms with Gasteiger partial charge in [0.25, 0.3) is 0 Å². The summed E-state index contributed by atoms with van der Waals surface area (Å²) in [6.45, 7) is 4.80. The van der Waals surface area contributed by atoms with Crippen LogP contribution in [0.1, 0.15) is 23.4 Å². The van der Waals surface area contributed by atoms with Gasteiger partial charge in [0.05, 0.1) is 0 Å². The maximum Gasteiger partial charge on any atom is 0.0474 e. The van der Waals surface area contributed by atoms with Crippen LogP contribution in [0, 0.1) is 0 Å². The van der Waals surface area contributed by atoms with Gasteiger partial charge in [0.2, 0.25) is 0 Å². The molecular formula is C17H25N3S. The van der Waals surface area contributed by atoms with Crippen molar-refractivity contribution in [3.63, 3.8) is 0 Å². The fourth-order valence-electron chi connectivity index (χ4n) is 2.54. The van der Waals surface area contributed by atoms with E-state index in [9.17, 15) is 0 Å². The van der Waals surface area contributed by atoms with Crippen molar-refractivity contribution < 1.29 is 0 Å². The summed E-state index contributed by atoms with van der Waals surface area (Å²) in [5.41, 5.74) is 8.57. The van der Waals surface area contributed by atoms with E-state index >= 15 is 0 Å². The Kier molecular flexibility index (Phi) is 5.79. The number of hydrogen-bond donors (Lipinski definition) is 1. The molecule has 2 rings (SSSR count). The largest absolute Gasteiger partial charge is 0.378 e. The smallest absolute Gasteiger partial charge is 0.0474 e. The maximum atomic E-state index is 6.06. The second-order valence-corrected chi connectivity index (χ2v) is 6.41. The van der Waals surface area contributed by atoms with Crippen LogP contribution in [0.25, 0.3) is 0 Å². The monoisotopic (exact) mass is 303 g/mol. The van der Waals surface area contributed by atoms with E-state index in [0.29, 0.717) is 6.54 Å². The van der Waals surface area contributed by atoms with E-state index in [4.69, 9.17) is 5.73 Å². The highest BCUT2D eigenvalue weighted by Gasteiger charge is 2.18. The lowest BCUT2D eigenvalue weighted by Gasteiger charge is -2.30. The molecule has 0 aliphatic heterocycles. The molecule has 1 atom stereocenters. The molecule has 0 bridgehead atoms. The van der Waals surface area contributed by atoms with Gasteiger partial charge in [-0.15, -0.1) is 11.3 Å². The average Bonchev–Trinajstić information content (AvgIpc) is 3.00. The predicted octanol–water partition coefficient (Wildman–Crippen LogP) is 3.34. The molecule has 0 radical (unpaired) electrons. The molecule has 0 aliphatic rings. The lowest BCUT2D eigenvalue weighted by Crippen LogP contribution is -2.33. The molecule has 0 amide bonds. The first kappa shape index (κ1) is 16.0. The second-order valence-electron chi connectivity index (χ2n) is 5.38. The number of likely N-dealkylation sites (N-methyl/N-ethyl adjacent to an activating group) is 1. The minimum Gasteiger partial charge on any atom is -0.378 e. The number of nitrogens with two attached hydrogens (primary N) is 1. The SMILES string of the molecule is CCN(Cc1cccs1)C(CN)c1ccc(N(C)C)cc1. The van der Waals surface area contributed by atoms with Gasteiger partial charge in [0.1, 0.15) is 0 Å². The number of hydrogen-bond acceptors (Lipinski definition) is 4. The topological polar surface area (TPSA) is 32.5 Å². The van der Waals surface area contributed by atoms with E-state index in [1.165, 1.54) is 16.1 Å². The van der Waals surface area contributed by atoms with E-state index in [2.05, 4.69) is 72.6 Å².